The van der Waals surface area contributed by atoms with Gasteiger partial charge in [-0.3, -0.25) is 0 Å². The quantitative estimate of drug-likeness (QED) is 0.688. The fourth-order valence-corrected chi connectivity index (χ4v) is 1.22. The van der Waals surface area contributed by atoms with Crippen LogP contribution in [-0.2, 0) is 11.8 Å². The third-order valence-corrected chi connectivity index (χ3v) is 2.16. The summed E-state index contributed by atoms with van der Waals surface area (Å²) < 4.78 is 8.50. The van der Waals surface area contributed by atoms with Gasteiger partial charge >= 0.3 is 6.09 Å². The molecule has 0 saturated carbocycles. The van der Waals surface area contributed by atoms with Crippen molar-refractivity contribution >= 4 is 6.09 Å². The molecule has 0 atom stereocenters. The van der Waals surface area contributed by atoms with Gasteiger partial charge in [-0.1, -0.05) is 13.8 Å². The molecule has 1 rings (SSSR count). The highest BCUT2D eigenvalue weighted by molar-refractivity contribution is 5.69. The molecule has 78 valence electrons. The van der Waals surface area contributed by atoms with Crippen molar-refractivity contribution in [3.8, 4) is 0 Å². The molecule has 4 heteroatoms. The molecule has 0 aromatic carbocycles. The van der Waals surface area contributed by atoms with Crippen LogP contribution in [0.15, 0.2) is 18.7 Å². The highest BCUT2D eigenvalue weighted by Gasteiger charge is 2.17. The first-order chi connectivity index (χ1) is 6.67. The third-order valence-electron chi connectivity index (χ3n) is 2.16. The molecule has 0 unspecified atom stereocenters. The molecule has 1 aromatic heterocycles. The van der Waals surface area contributed by atoms with Crippen LogP contribution in [0.5, 0.6) is 0 Å². The van der Waals surface area contributed by atoms with Crippen LogP contribution in [0.1, 0.15) is 26.7 Å². The average molecular weight is 197 g/mol. The van der Waals surface area contributed by atoms with Crippen LogP contribution in [0.4, 0.5) is 4.79 Å². The molecule has 0 radical (unpaired) electrons. The van der Waals surface area contributed by atoms with E-state index in [2.05, 4.69) is 0 Å². The number of aryl methyl sites for hydroxylation is 1. The number of nitrogens with zero attached hydrogens (tertiary/aromatic N) is 2. The molecule has 0 aliphatic heterocycles. The molecule has 0 fully saturated rings. The molecule has 0 aliphatic rings. The minimum absolute atomic E-state index is 0.0233. The Hall–Kier alpha value is -1.32. The Morgan fingerprint density at radius 2 is 2.14 bits per heavy atom. The molecule has 0 saturated heterocycles. The molecule has 1 aromatic rings. The molecule has 0 bridgehead atoms. The SMILES string of the molecule is CCC(CC)OC(=O)n1cc[n+](C)c1. The Kier molecular flexibility index (Phi) is 3.68. The van der Waals surface area contributed by atoms with Crippen LogP contribution >= 0.6 is 0 Å². The summed E-state index contributed by atoms with van der Waals surface area (Å²) >= 11 is 0. The van der Waals surface area contributed by atoms with Gasteiger partial charge in [0.15, 0.2) is 0 Å². The van der Waals surface area contributed by atoms with Crippen molar-refractivity contribution in [2.24, 2.45) is 7.05 Å². The minimum atomic E-state index is -0.306. The van der Waals surface area contributed by atoms with Gasteiger partial charge in [-0.2, -0.15) is 4.79 Å². The van der Waals surface area contributed by atoms with Crippen LogP contribution in [0.3, 0.4) is 0 Å². The van der Waals surface area contributed by atoms with E-state index in [9.17, 15) is 4.79 Å². The van der Waals surface area contributed by atoms with Gasteiger partial charge in [0.2, 0.25) is 0 Å². The second kappa shape index (κ2) is 4.79. The first-order valence-electron chi connectivity index (χ1n) is 4.91. The second-order valence-electron chi connectivity index (χ2n) is 3.31. The van der Waals surface area contributed by atoms with E-state index in [4.69, 9.17) is 4.74 Å². The van der Waals surface area contributed by atoms with Crippen molar-refractivity contribution in [1.82, 2.24) is 4.57 Å². The zero-order valence-corrected chi connectivity index (χ0v) is 8.93. The fraction of sp³-hybridized carbons (Fsp3) is 0.600. The predicted molar refractivity (Wildman–Crippen MR) is 51.9 cm³/mol. The Morgan fingerprint density at radius 3 is 2.57 bits per heavy atom. The van der Waals surface area contributed by atoms with Gasteiger partial charge in [-0.25, -0.2) is 4.57 Å². The molecular weight excluding hydrogens is 180 g/mol. The van der Waals surface area contributed by atoms with Crippen LogP contribution in [-0.4, -0.2) is 16.8 Å². The average Bonchev–Trinajstić information content (AvgIpc) is 2.61. The molecule has 1 heterocycles. The zero-order valence-electron chi connectivity index (χ0n) is 8.93. The lowest BCUT2D eigenvalue weighted by Gasteiger charge is -2.10. The number of aromatic nitrogens is 2. The van der Waals surface area contributed by atoms with E-state index in [0.29, 0.717) is 0 Å². The first-order valence-corrected chi connectivity index (χ1v) is 4.91. The smallest absolute Gasteiger partial charge is 0.428 e. The molecule has 4 nitrogen and oxygen atoms in total. The second-order valence-corrected chi connectivity index (χ2v) is 3.31. The fourth-order valence-electron chi connectivity index (χ4n) is 1.22. The van der Waals surface area contributed by atoms with Crippen molar-refractivity contribution in [2.45, 2.75) is 32.8 Å². The molecule has 0 spiro atoms. The van der Waals surface area contributed by atoms with Gasteiger partial charge in [0.25, 0.3) is 6.33 Å². The van der Waals surface area contributed by atoms with Crippen molar-refractivity contribution in [3.63, 3.8) is 0 Å². The zero-order chi connectivity index (χ0) is 10.6. The van der Waals surface area contributed by atoms with Crippen LogP contribution in [0, 0.1) is 0 Å². The monoisotopic (exact) mass is 197 g/mol. The maximum atomic E-state index is 11.5. The summed E-state index contributed by atoms with van der Waals surface area (Å²) in [6.45, 7) is 4.02. The molecule has 0 N–H and O–H groups in total. The van der Waals surface area contributed by atoms with Gasteiger partial charge in [0.05, 0.1) is 7.05 Å². The van der Waals surface area contributed by atoms with E-state index in [0.717, 1.165) is 12.8 Å². The Morgan fingerprint density at radius 1 is 1.50 bits per heavy atom. The van der Waals surface area contributed by atoms with Gasteiger partial charge in [-0.15, -0.1) is 4.57 Å². The summed E-state index contributed by atoms with van der Waals surface area (Å²) in [6.07, 6.45) is 6.60. The van der Waals surface area contributed by atoms with Crippen molar-refractivity contribution < 1.29 is 14.1 Å². The summed E-state index contributed by atoms with van der Waals surface area (Å²) in [5, 5.41) is 0. The normalized spacial score (nSPS) is 10.6. The number of carbonyl (C=O) groups excluding carboxylic acids is 1. The van der Waals surface area contributed by atoms with Crippen LogP contribution in [0.25, 0.3) is 0 Å². The summed E-state index contributed by atoms with van der Waals surface area (Å²) in [6, 6.07) is 0. The lowest BCUT2D eigenvalue weighted by atomic mass is 10.2. The predicted octanol–water partition coefficient (Wildman–Crippen LogP) is 1.49. The summed E-state index contributed by atoms with van der Waals surface area (Å²) in [5.74, 6) is 0. The highest BCUT2D eigenvalue weighted by atomic mass is 16.6. The first kappa shape index (κ1) is 10.8. The van der Waals surface area contributed by atoms with Crippen molar-refractivity contribution in [3.05, 3.63) is 18.7 Å². The summed E-state index contributed by atoms with van der Waals surface area (Å²) in [4.78, 5) is 11.5. The number of ether oxygens (including phenoxy) is 1. The van der Waals surface area contributed by atoms with Crippen LogP contribution < -0.4 is 4.57 Å². The van der Waals surface area contributed by atoms with Gasteiger partial charge in [0.1, 0.15) is 18.5 Å². The van der Waals surface area contributed by atoms with E-state index in [1.54, 1.807) is 23.3 Å². The number of hydrogen-bond donors (Lipinski definition) is 0. The topological polar surface area (TPSA) is 35.1 Å². The maximum Gasteiger partial charge on any atom is 0.511 e. The van der Waals surface area contributed by atoms with Crippen molar-refractivity contribution in [2.75, 3.05) is 0 Å². The van der Waals surface area contributed by atoms with Gasteiger partial charge in [-0.05, 0) is 12.8 Å². The number of hydrogen-bond acceptors (Lipinski definition) is 2. The van der Waals surface area contributed by atoms with Crippen molar-refractivity contribution in [1.29, 1.82) is 0 Å². The Labute approximate surface area is 84.1 Å². The third kappa shape index (κ3) is 2.58. The molecule has 0 amide bonds. The molecular formula is C10H17N2O2+. The van der Waals surface area contributed by atoms with E-state index in [1.165, 1.54) is 4.57 Å². The van der Waals surface area contributed by atoms with Crippen LogP contribution in [0.2, 0.25) is 0 Å². The molecule has 14 heavy (non-hydrogen) atoms. The lowest BCUT2D eigenvalue weighted by Crippen LogP contribution is -2.26. The number of carbonyl (C=O) groups is 1. The van der Waals surface area contributed by atoms with E-state index < -0.39 is 0 Å². The summed E-state index contributed by atoms with van der Waals surface area (Å²) in [7, 11) is 1.86. The standard InChI is InChI=1S/C10H17N2O2/c1-4-9(5-2)14-10(13)12-7-6-11(3)8-12/h6-9H,4-5H2,1-3H3/q+1. The largest absolute Gasteiger partial charge is 0.511 e. The van der Waals surface area contributed by atoms with E-state index in [1.807, 2.05) is 20.9 Å². The maximum absolute atomic E-state index is 11.5. The Bertz CT molecular complexity index is 303. The van der Waals surface area contributed by atoms with Gasteiger partial charge in [0, 0.05) is 0 Å². The highest BCUT2D eigenvalue weighted by Crippen LogP contribution is 2.04. The van der Waals surface area contributed by atoms with Gasteiger partial charge < -0.3 is 4.74 Å². The van der Waals surface area contributed by atoms with E-state index in [-0.39, 0.29) is 12.2 Å². The summed E-state index contributed by atoms with van der Waals surface area (Å²) in [5.41, 5.74) is 0. The minimum Gasteiger partial charge on any atom is -0.428 e. The van der Waals surface area contributed by atoms with E-state index >= 15 is 0 Å². The Balaban J connectivity index is 2.58. The number of imidazole rings is 1. The number of rotatable bonds is 3. The molecule has 0 aliphatic carbocycles. The lowest BCUT2D eigenvalue weighted by molar-refractivity contribution is -0.670.